The molecule has 6 heteroatoms. The van der Waals surface area contributed by atoms with Crippen LogP contribution in [0.4, 0.5) is 0 Å². The highest BCUT2D eigenvalue weighted by Gasteiger charge is 2.27. The summed E-state index contributed by atoms with van der Waals surface area (Å²) in [4.78, 5) is 30.8. The Balaban J connectivity index is 1.76. The van der Waals surface area contributed by atoms with Gasteiger partial charge in [-0.25, -0.2) is 4.98 Å². The first kappa shape index (κ1) is 13.3. The molecule has 0 radical (unpaired) electrons. The fourth-order valence-electron chi connectivity index (χ4n) is 2.40. The molecule has 0 saturated heterocycles. The second-order valence-electron chi connectivity index (χ2n) is 5.26. The molecule has 3 rings (SSSR count). The van der Waals surface area contributed by atoms with Crippen molar-refractivity contribution in [1.29, 1.82) is 0 Å². The Hall–Kier alpha value is -1.69. The molecule has 0 amide bonds. The number of aryl methyl sites for hydroxylation is 1. The maximum absolute atomic E-state index is 12.2. The smallest absolute Gasteiger partial charge is 0.303 e. The molecular formula is C14H16N2O3S. The van der Waals surface area contributed by atoms with Crippen molar-refractivity contribution in [3.63, 3.8) is 0 Å². The quantitative estimate of drug-likeness (QED) is 0.802. The average Bonchev–Trinajstić information content (AvgIpc) is 3.15. The lowest BCUT2D eigenvalue weighted by Gasteiger charge is -2.01. The minimum absolute atomic E-state index is 0.0496. The lowest BCUT2D eigenvalue weighted by molar-refractivity contribution is -0.137. The van der Waals surface area contributed by atoms with Crippen LogP contribution >= 0.6 is 11.3 Å². The van der Waals surface area contributed by atoms with Gasteiger partial charge in [-0.3, -0.25) is 9.59 Å². The number of hydrogen-bond acceptors (Lipinski definition) is 4. The lowest BCUT2D eigenvalue weighted by atomic mass is 10.1. The number of aromatic amines is 1. The first-order chi connectivity index (χ1) is 9.65. The molecule has 0 atom stereocenters. The molecule has 2 N–H and O–H groups in total. The second kappa shape index (κ2) is 5.36. The van der Waals surface area contributed by atoms with E-state index in [4.69, 9.17) is 5.11 Å². The van der Waals surface area contributed by atoms with E-state index in [1.807, 2.05) is 0 Å². The first-order valence-electron chi connectivity index (χ1n) is 6.87. The number of hydrogen-bond donors (Lipinski definition) is 2. The molecule has 1 fully saturated rings. The third-order valence-corrected chi connectivity index (χ3v) is 4.48. The normalized spacial score (nSPS) is 14.8. The number of H-pyrrole nitrogens is 1. The number of fused-ring (bicyclic) bond motifs is 1. The third kappa shape index (κ3) is 2.75. The van der Waals surface area contributed by atoms with Gasteiger partial charge in [0, 0.05) is 12.8 Å². The molecule has 5 nitrogen and oxygen atoms in total. The van der Waals surface area contributed by atoms with Crippen molar-refractivity contribution in [2.24, 2.45) is 0 Å². The number of carboxylic acid groups (broad SMARTS) is 1. The van der Waals surface area contributed by atoms with Crippen LogP contribution in [-0.2, 0) is 11.2 Å². The Morgan fingerprint density at radius 3 is 2.95 bits per heavy atom. The van der Waals surface area contributed by atoms with Gasteiger partial charge in [-0.05, 0) is 42.5 Å². The molecule has 0 spiro atoms. The Kier molecular flexibility index (Phi) is 3.56. The van der Waals surface area contributed by atoms with E-state index < -0.39 is 5.97 Å². The van der Waals surface area contributed by atoms with Crippen LogP contribution in [0.15, 0.2) is 10.2 Å². The van der Waals surface area contributed by atoms with Gasteiger partial charge in [0.25, 0.3) is 5.56 Å². The zero-order valence-electron chi connectivity index (χ0n) is 11.0. The number of nitrogens with one attached hydrogen (secondary N) is 1. The van der Waals surface area contributed by atoms with Crippen molar-refractivity contribution in [1.82, 2.24) is 9.97 Å². The number of aliphatic carboxylic acids is 1. The van der Waals surface area contributed by atoms with Gasteiger partial charge >= 0.3 is 5.97 Å². The lowest BCUT2D eigenvalue weighted by Crippen LogP contribution is -2.12. The molecule has 1 saturated carbocycles. The molecule has 0 bridgehead atoms. The van der Waals surface area contributed by atoms with Crippen molar-refractivity contribution >= 4 is 27.5 Å². The molecule has 0 aromatic carbocycles. The van der Waals surface area contributed by atoms with E-state index in [2.05, 4.69) is 15.3 Å². The average molecular weight is 292 g/mol. The van der Waals surface area contributed by atoms with Gasteiger partial charge < -0.3 is 10.1 Å². The third-order valence-electron chi connectivity index (χ3n) is 3.59. The first-order valence-corrected chi connectivity index (χ1v) is 7.75. The SMILES string of the molecule is O=C(O)CCCCc1nc2scc(C3CC3)c2c(=O)[nH]1. The molecule has 0 aliphatic heterocycles. The summed E-state index contributed by atoms with van der Waals surface area (Å²) in [5, 5.41) is 11.4. The van der Waals surface area contributed by atoms with E-state index >= 15 is 0 Å². The molecular weight excluding hydrogens is 276 g/mol. The van der Waals surface area contributed by atoms with E-state index in [0.717, 1.165) is 22.2 Å². The highest BCUT2D eigenvalue weighted by atomic mass is 32.1. The van der Waals surface area contributed by atoms with Gasteiger partial charge in [-0.15, -0.1) is 11.3 Å². The summed E-state index contributed by atoms with van der Waals surface area (Å²) >= 11 is 1.53. The van der Waals surface area contributed by atoms with Gasteiger partial charge in [-0.2, -0.15) is 0 Å². The van der Waals surface area contributed by atoms with Gasteiger partial charge in [0.2, 0.25) is 0 Å². The molecule has 2 aromatic heterocycles. The summed E-state index contributed by atoms with van der Waals surface area (Å²) in [7, 11) is 0. The summed E-state index contributed by atoms with van der Waals surface area (Å²) in [6.07, 6.45) is 4.45. The van der Waals surface area contributed by atoms with Crippen molar-refractivity contribution < 1.29 is 9.90 Å². The van der Waals surface area contributed by atoms with Crippen molar-refractivity contribution in [3.05, 3.63) is 27.1 Å². The summed E-state index contributed by atoms with van der Waals surface area (Å²) in [6.45, 7) is 0. The minimum Gasteiger partial charge on any atom is -0.481 e. The summed E-state index contributed by atoms with van der Waals surface area (Å²) in [5.74, 6) is 0.430. The van der Waals surface area contributed by atoms with Crippen molar-refractivity contribution in [3.8, 4) is 0 Å². The highest BCUT2D eigenvalue weighted by Crippen LogP contribution is 2.43. The minimum atomic E-state index is -0.783. The second-order valence-corrected chi connectivity index (χ2v) is 6.12. The fourth-order valence-corrected chi connectivity index (χ4v) is 3.44. The molecule has 0 unspecified atom stereocenters. The van der Waals surface area contributed by atoms with Crippen LogP contribution in [-0.4, -0.2) is 21.0 Å². The van der Waals surface area contributed by atoms with Gasteiger partial charge in [-0.1, -0.05) is 0 Å². The Morgan fingerprint density at radius 1 is 1.45 bits per heavy atom. The Morgan fingerprint density at radius 2 is 2.25 bits per heavy atom. The van der Waals surface area contributed by atoms with E-state index in [1.54, 1.807) is 0 Å². The van der Waals surface area contributed by atoms with Crippen LogP contribution in [0.3, 0.4) is 0 Å². The maximum atomic E-state index is 12.2. The standard InChI is InChI=1S/C14H16N2O3S/c17-11(18)4-2-1-3-10-15-13(19)12-9(8-5-6-8)7-20-14(12)16-10/h7-8H,1-6H2,(H,17,18)(H,15,16,19). The molecule has 1 aliphatic carbocycles. The molecule has 2 aromatic rings. The predicted octanol–water partition coefficient (Wildman–Crippen LogP) is 2.66. The number of rotatable bonds is 6. The van der Waals surface area contributed by atoms with Crippen LogP contribution in [0.5, 0.6) is 0 Å². The van der Waals surface area contributed by atoms with Crippen LogP contribution in [0.2, 0.25) is 0 Å². The van der Waals surface area contributed by atoms with Crippen LogP contribution in [0, 0.1) is 0 Å². The predicted molar refractivity (Wildman–Crippen MR) is 77.4 cm³/mol. The molecule has 20 heavy (non-hydrogen) atoms. The van der Waals surface area contributed by atoms with Crippen molar-refractivity contribution in [2.75, 3.05) is 0 Å². The van der Waals surface area contributed by atoms with E-state index in [1.165, 1.54) is 24.2 Å². The van der Waals surface area contributed by atoms with Crippen molar-refractivity contribution in [2.45, 2.75) is 44.4 Å². The number of nitrogens with zero attached hydrogens (tertiary/aromatic N) is 1. The number of aromatic nitrogens is 2. The van der Waals surface area contributed by atoms with E-state index in [-0.39, 0.29) is 12.0 Å². The van der Waals surface area contributed by atoms with Gasteiger partial charge in [0.15, 0.2) is 0 Å². The Bertz CT molecular complexity index is 700. The topological polar surface area (TPSA) is 83.0 Å². The zero-order chi connectivity index (χ0) is 14.1. The molecule has 1 aliphatic rings. The number of thiophene rings is 1. The summed E-state index contributed by atoms with van der Waals surface area (Å²) in [6, 6.07) is 0. The summed E-state index contributed by atoms with van der Waals surface area (Å²) < 4.78 is 0. The number of unbranched alkanes of at least 4 members (excludes halogenated alkanes) is 1. The number of carbonyl (C=O) groups is 1. The molecule has 2 heterocycles. The molecule has 106 valence electrons. The van der Waals surface area contributed by atoms with Gasteiger partial charge in [0.1, 0.15) is 10.7 Å². The largest absolute Gasteiger partial charge is 0.481 e. The maximum Gasteiger partial charge on any atom is 0.303 e. The van der Waals surface area contributed by atoms with Gasteiger partial charge in [0.05, 0.1) is 5.39 Å². The van der Waals surface area contributed by atoms with Crippen LogP contribution in [0.1, 0.15) is 49.4 Å². The number of carboxylic acids is 1. The zero-order valence-corrected chi connectivity index (χ0v) is 11.8. The van der Waals surface area contributed by atoms with Crippen LogP contribution < -0.4 is 5.56 Å². The monoisotopic (exact) mass is 292 g/mol. The summed E-state index contributed by atoms with van der Waals surface area (Å²) in [5.41, 5.74) is 1.10. The van der Waals surface area contributed by atoms with E-state index in [0.29, 0.717) is 24.6 Å². The Labute approximate surface area is 119 Å². The fraction of sp³-hybridized carbons (Fsp3) is 0.500. The highest BCUT2D eigenvalue weighted by molar-refractivity contribution is 7.16. The van der Waals surface area contributed by atoms with Crippen LogP contribution in [0.25, 0.3) is 10.2 Å². The van der Waals surface area contributed by atoms with E-state index in [9.17, 15) is 9.59 Å².